The third-order valence-electron chi connectivity index (χ3n) is 3.70. The molecule has 2 atom stereocenters. The van der Waals surface area contributed by atoms with Gasteiger partial charge in [0.05, 0.1) is 10.2 Å². The maximum absolute atomic E-state index is 4.14. The fourth-order valence-electron chi connectivity index (χ4n) is 3.08. The lowest BCUT2D eigenvalue weighted by atomic mass is 10.0. The first-order valence-corrected chi connectivity index (χ1v) is 7.48. The van der Waals surface area contributed by atoms with Gasteiger partial charge < -0.3 is 4.90 Å². The van der Waals surface area contributed by atoms with Crippen molar-refractivity contribution in [2.45, 2.75) is 42.6 Å². The van der Waals surface area contributed by atoms with E-state index in [0.29, 0.717) is 16.9 Å². The predicted octanol–water partition coefficient (Wildman–Crippen LogP) is 3.74. The predicted molar refractivity (Wildman–Crippen MR) is 73.2 cm³/mol. The molecule has 2 aliphatic heterocycles. The second-order valence-corrected chi connectivity index (χ2v) is 6.84. The quantitative estimate of drug-likeness (QED) is 0.721. The van der Waals surface area contributed by atoms with Crippen molar-refractivity contribution in [1.29, 1.82) is 0 Å². The minimum atomic E-state index is 0.710. The van der Waals surface area contributed by atoms with Crippen LogP contribution in [0.25, 0.3) is 0 Å². The van der Waals surface area contributed by atoms with Gasteiger partial charge in [-0.05, 0) is 47.7 Å². The van der Waals surface area contributed by atoms with Gasteiger partial charge in [0.2, 0.25) is 0 Å². The molecule has 0 saturated carbocycles. The number of nitrogens with zero attached hydrogens (tertiary/aromatic N) is 2. The molecule has 86 valence electrons. The van der Waals surface area contributed by atoms with E-state index in [1.807, 2.05) is 12.4 Å². The molecular formula is C12H14Br2N2. The van der Waals surface area contributed by atoms with Crippen LogP contribution in [0.4, 0.5) is 5.69 Å². The van der Waals surface area contributed by atoms with Crippen LogP contribution >= 0.6 is 31.9 Å². The lowest BCUT2D eigenvalue weighted by Crippen LogP contribution is -2.43. The van der Waals surface area contributed by atoms with Crippen LogP contribution in [0.1, 0.15) is 25.7 Å². The highest BCUT2D eigenvalue weighted by atomic mass is 79.9. The highest BCUT2D eigenvalue weighted by Crippen LogP contribution is 2.43. The zero-order valence-corrected chi connectivity index (χ0v) is 12.1. The summed E-state index contributed by atoms with van der Waals surface area (Å²) in [4.78, 5) is 7.45. The van der Waals surface area contributed by atoms with Crippen LogP contribution in [-0.4, -0.2) is 21.9 Å². The minimum absolute atomic E-state index is 0.710. The topological polar surface area (TPSA) is 16.1 Å². The Balaban J connectivity index is 1.94. The van der Waals surface area contributed by atoms with Crippen LogP contribution in [-0.2, 0) is 0 Å². The van der Waals surface area contributed by atoms with Crippen LogP contribution in [0.5, 0.6) is 0 Å². The van der Waals surface area contributed by atoms with E-state index in [0.717, 1.165) is 4.47 Å². The summed E-state index contributed by atoms with van der Waals surface area (Å²) >= 11 is 7.39. The smallest absolute Gasteiger partial charge is 0.0592 e. The second-order valence-electron chi connectivity index (χ2n) is 4.69. The SMILES string of the molecule is Brc1cnccc1N1C2CCC1CC(Br)C2. The summed E-state index contributed by atoms with van der Waals surface area (Å²) in [6, 6.07) is 3.55. The molecule has 0 amide bonds. The highest BCUT2D eigenvalue weighted by Gasteiger charge is 2.40. The average Bonchev–Trinajstić information content (AvgIpc) is 2.53. The number of rotatable bonds is 1. The fraction of sp³-hybridized carbons (Fsp3) is 0.583. The number of pyridine rings is 1. The molecule has 0 spiro atoms. The number of halogens is 2. The molecule has 0 N–H and O–H groups in total. The first-order chi connectivity index (χ1) is 7.75. The summed E-state index contributed by atoms with van der Waals surface area (Å²) in [5.41, 5.74) is 1.32. The van der Waals surface area contributed by atoms with Crippen molar-refractivity contribution >= 4 is 37.5 Å². The lowest BCUT2D eigenvalue weighted by Gasteiger charge is -2.39. The third-order valence-corrected chi connectivity index (χ3v) is 5.06. The Bertz CT molecular complexity index is 382. The van der Waals surface area contributed by atoms with E-state index in [1.165, 1.54) is 31.4 Å². The molecule has 2 nitrogen and oxygen atoms in total. The van der Waals surface area contributed by atoms with Crippen molar-refractivity contribution in [1.82, 2.24) is 4.98 Å². The minimum Gasteiger partial charge on any atom is -0.364 e. The summed E-state index contributed by atoms with van der Waals surface area (Å²) in [5, 5.41) is 0. The largest absolute Gasteiger partial charge is 0.364 e. The van der Waals surface area contributed by atoms with Gasteiger partial charge in [-0.2, -0.15) is 0 Å². The standard InChI is InChI=1S/C12H14Br2N2/c13-8-5-9-1-2-10(6-8)16(9)12-3-4-15-7-11(12)14/h3-4,7-10H,1-2,5-6H2. The number of aromatic nitrogens is 1. The van der Waals surface area contributed by atoms with E-state index in [1.54, 1.807) is 0 Å². The van der Waals surface area contributed by atoms with Crippen LogP contribution in [0.3, 0.4) is 0 Å². The molecule has 0 radical (unpaired) electrons. The van der Waals surface area contributed by atoms with Gasteiger partial charge in [-0.3, -0.25) is 4.98 Å². The Labute approximate surface area is 113 Å². The van der Waals surface area contributed by atoms with Gasteiger partial charge in [0.25, 0.3) is 0 Å². The summed E-state index contributed by atoms with van der Waals surface area (Å²) in [6.45, 7) is 0. The average molecular weight is 346 g/mol. The number of alkyl halides is 1. The Kier molecular flexibility index (Phi) is 2.96. The summed E-state index contributed by atoms with van der Waals surface area (Å²) in [6.07, 6.45) is 8.99. The molecule has 2 fully saturated rings. The van der Waals surface area contributed by atoms with Crippen molar-refractivity contribution in [2.24, 2.45) is 0 Å². The van der Waals surface area contributed by atoms with Crippen molar-refractivity contribution in [3.05, 3.63) is 22.9 Å². The van der Waals surface area contributed by atoms with Crippen molar-refractivity contribution in [3.8, 4) is 0 Å². The van der Waals surface area contributed by atoms with Crippen LogP contribution in [0, 0.1) is 0 Å². The van der Waals surface area contributed by atoms with Gasteiger partial charge in [0.15, 0.2) is 0 Å². The maximum atomic E-state index is 4.14. The normalized spacial score (nSPS) is 33.1. The number of piperidine rings is 1. The molecule has 0 aromatic carbocycles. The molecule has 2 bridgehead atoms. The van der Waals surface area contributed by atoms with Crippen LogP contribution < -0.4 is 4.90 Å². The second kappa shape index (κ2) is 4.30. The molecule has 2 aliphatic rings. The fourth-order valence-corrected chi connectivity index (χ4v) is 4.40. The summed E-state index contributed by atoms with van der Waals surface area (Å²) < 4.78 is 1.12. The zero-order chi connectivity index (χ0) is 11.1. The van der Waals surface area contributed by atoms with E-state index >= 15 is 0 Å². The molecule has 2 unspecified atom stereocenters. The van der Waals surface area contributed by atoms with Crippen LogP contribution in [0.2, 0.25) is 0 Å². The van der Waals surface area contributed by atoms with Crippen molar-refractivity contribution < 1.29 is 0 Å². The molecule has 3 rings (SSSR count). The van der Waals surface area contributed by atoms with E-state index in [9.17, 15) is 0 Å². The lowest BCUT2D eigenvalue weighted by molar-refractivity contribution is 0.482. The third kappa shape index (κ3) is 1.80. The monoisotopic (exact) mass is 344 g/mol. The van der Waals surface area contributed by atoms with E-state index in [-0.39, 0.29) is 0 Å². The Hall–Kier alpha value is -0.0900. The number of fused-ring (bicyclic) bond motifs is 2. The molecule has 1 aromatic rings. The van der Waals surface area contributed by atoms with Gasteiger partial charge in [-0.25, -0.2) is 0 Å². The Morgan fingerprint density at radius 3 is 2.56 bits per heavy atom. The van der Waals surface area contributed by atoms with E-state index in [2.05, 4.69) is 47.8 Å². The first-order valence-electron chi connectivity index (χ1n) is 5.77. The highest BCUT2D eigenvalue weighted by molar-refractivity contribution is 9.10. The molecular weight excluding hydrogens is 332 g/mol. The molecule has 1 aromatic heterocycles. The molecule has 4 heteroatoms. The van der Waals surface area contributed by atoms with Crippen molar-refractivity contribution in [2.75, 3.05) is 4.90 Å². The summed E-state index contributed by atoms with van der Waals surface area (Å²) in [5.74, 6) is 0. The maximum Gasteiger partial charge on any atom is 0.0592 e. The molecule has 2 saturated heterocycles. The molecule has 3 heterocycles. The van der Waals surface area contributed by atoms with Gasteiger partial charge in [0.1, 0.15) is 0 Å². The molecule has 16 heavy (non-hydrogen) atoms. The van der Waals surface area contributed by atoms with Gasteiger partial charge in [-0.15, -0.1) is 0 Å². The summed E-state index contributed by atoms with van der Waals surface area (Å²) in [7, 11) is 0. The first kappa shape index (κ1) is 11.0. The van der Waals surface area contributed by atoms with Crippen LogP contribution in [0.15, 0.2) is 22.9 Å². The van der Waals surface area contributed by atoms with Gasteiger partial charge >= 0.3 is 0 Å². The van der Waals surface area contributed by atoms with Gasteiger partial charge in [0, 0.05) is 29.3 Å². The number of anilines is 1. The van der Waals surface area contributed by atoms with E-state index in [4.69, 9.17) is 0 Å². The number of hydrogen-bond donors (Lipinski definition) is 0. The Morgan fingerprint density at radius 2 is 1.94 bits per heavy atom. The van der Waals surface area contributed by atoms with Gasteiger partial charge in [-0.1, -0.05) is 15.9 Å². The zero-order valence-electron chi connectivity index (χ0n) is 8.94. The Morgan fingerprint density at radius 1 is 1.25 bits per heavy atom. The van der Waals surface area contributed by atoms with Crippen molar-refractivity contribution in [3.63, 3.8) is 0 Å². The molecule has 0 aliphatic carbocycles. The van der Waals surface area contributed by atoms with E-state index < -0.39 is 0 Å². The number of hydrogen-bond acceptors (Lipinski definition) is 2.